The van der Waals surface area contributed by atoms with Gasteiger partial charge in [-0.05, 0) is 31.9 Å². The van der Waals surface area contributed by atoms with E-state index in [1.165, 1.54) is 0 Å². The van der Waals surface area contributed by atoms with Crippen molar-refractivity contribution in [2.75, 3.05) is 6.54 Å². The molecule has 0 radical (unpaired) electrons. The molecule has 1 rings (SSSR count). The van der Waals surface area contributed by atoms with Crippen molar-refractivity contribution in [1.29, 1.82) is 0 Å². The van der Waals surface area contributed by atoms with Crippen LogP contribution in [0.15, 0.2) is 29.3 Å². The van der Waals surface area contributed by atoms with Crippen LogP contribution < -0.4 is 11.1 Å². The molecule has 4 N–H and O–H groups in total. The van der Waals surface area contributed by atoms with Gasteiger partial charge < -0.3 is 16.2 Å². The number of carbonyl (C=O) groups is 2. The highest BCUT2D eigenvalue weighted by Gasteiger charge is 2.13. The number of aliphatic carboxylic acids is 1. The summed E-state index contributed by atoms with van der Waals surface area (Å²) >= 11 is 0. The zero-order valence-corrected chi connectivity index (χ0v) is 13.0. The lowest BCUT2D eigenvalue weighted by Gasteiger charge is -2.08. The molecular formula is C16H23N3O3. The van der Waals surface area contributed by atoms with Crippen LogP contribution in [0.1, 0.15) is 31.7 Å². The lowest BCUT2D eigenvalue weighted by Crippen LogP contribution is -2.33. The Hall–Kier alpha value is -2.21. The fourth-order valence-electron chi connectivity index (χ4n) is 1.83. The Morgan fingerprint density at radius 1 is 1.32 bits per heavy atom. The van der Waals surface area contributed by atoms with Crippen LogP contribution in [-0.4, -0.2) is 35.3 Å². The fourth-order valence-corrected chi connectivity index (χ4v) is 1.83. The van der Waals surface area contributed by atoms with Crippen molar-refractivity contribution in [3.8, 4) is 0 Å². The van der Waals surface area contributed by atoms with E-state index in [1.54, 1.807) is 0 Å². The second-order valence-electron chi connectivity index (χ2n) is 5.22. The molecule has 22 heavy (non-hydrogen) atoms. The Kier molecular flexibility index (Phi) is 7.25. The number of nitrogens with one attached hydrogen (secondary N) is 1. The lowest BCUT2D eigenvalue weighted by molar-refractivity contribution is -0.138. The van der Waals surface area contributed by atoms with Gasteiger partial charge in [0, 0.05) is 25.1 Å². The number of amides is 1. The predicted octanol–water partition coefficient (Wildman–Crippen LogP) is 1.79. The first-order chi connectivity index (χ1) is 10.4. The molecule has 0 bridgehead atoms. The standard InChI is InChI=1S/C16H23N3O3/c1-11-5-3-4-6-14(11)19-12(2)9-10-18-15(20)8-7-13(17)16(21)22/h3-6,13H,7-10,17H2,1-2H3,(H,18,20)(H,21,22). The first-order valence-corrected chi connectivity index (χ1v) is 7.25. The van der Waals surface area contributed by atoms with Crippen LogP contribution >= 0.6 is 0 Å². The van der Waals surface area contributed by atoms with Crippen molar-refractivity contribution >= 4 is 23.3 Å². The molecule has 0 saturated heterocycles. The number of nitrogens with zero attached hydrogens (tertiary/aromatic N) is 1. The van der Waals surface area contributed by atoms with Gasteiger partial charge in [-0.2, -0.15) is 0 Å². The summed E-state index contributed by atoms with van der Waals surface area (Å²) in [5, 5.41) is 11.4. The van der Waals surface area contributed by atoms with Crippen LogP contribution in [0.2, 0.25) is 0 Å². The highest BCUT2D eigenvalue weighted by Crippen LogP contribution is 2.17. The third kappa shape index (κ3) is 6.49. The quantitative estimate of drug-likeness (QED) is 0.637. The van der Waals surface area contributed by atoms with Crippen molar-refractivity contribution in [1.82, 2.24) is 5.32 Å². The van der Waals surface area contributed by atoms with Crippen LogP contribution in [0, 0.1) is 6.92 Å². The van der Waals surface area contributed by atoms with Crippen LogP contribution in [0.3, 0.4) is 0 Å². The summed E-state index contributed by atoms with van der Waals surface area (Å²) in [4.78, 5) is 26.6. The third-order valence-corrected chi connectivity index (χ3v) is 3.24. The molecule has 1 aromatic carbocycles. The largest absolute Gasteiger partial charge is 0.480 e. The summed E-state index contributed by atoms with van der Waals surface area (Å²) in [6.45, 7) is 4.39. The van der Waals surface area contributed by atoms with E-state index in [-0.39, 0.29) is 18.7 Å². The van der Waals surface area contributed by atoms with Crippen LogP contribution in [-0.2, 0) is 9.59 Å². The second kappa shape index (κ2) is 8.94. The molecule has 0 aliphatic rings. The van der Waals surface area contributed by atoms with E-state index >= 15 is 0 Å². The molecule has 0 aromatic heterocycles. The Labute approximate surface area is 130 Å². The maximum atomic E-state index is 11.6. The Bertz CT molecular complexity index is 555. The van der Waals surface area contributed by atoms with Crippen LogP contribution in [0.4, 0.5) is 5.69 Å². The van der Waals surface area contributed by atoms with Crippen molar-refractivity contribution in [2.24, 2.45) is 10.7 Å². The van der Waals surface area contributed by atoms with Gasteiger partial charge in [0.2, 0.25) is 5.91 Å². The van der Waals surface area contributed by atoms with Crippen molar-refractivity contribution in [3.05, 3.63) is 29.8 Å². The normalized spacial score (nSPS) is 12.8. The molecule has 1 unspecified atom stereocenters. The number of aryl methyl sites for hydroxylation is 1. The zero-order valence-electron chi connectivity index (χ0n) is 13.0. The topological polar surface area (TPSA) is 105 Å². The molecule has 1 aromatic rings. The SMILES string of the molecule is CC(CCNC(=O)CCC(N)C(=O)O)=Nc1ccccc1C. The van der Waals surface area contributed by atoms with Crippen LogP contribution in [0.25, 0.3) is 0 Å². The smallest absolute Gasteiger partial charge is 0.320 e. The van der Waals surface area contributed by atoms with E-state index in [4.69, 9.17) is 10.8 Å². The fraction of sp³-hybridized carbons (Fsp3) is 0.438. The number of benzene rings is 1. The maximum Gasteiger partial charge on any atom is 0.320 e. The molecule has 0 spiro atoms. The summed E-state index contributed by atoms with van der Waals surface area (Å²) in [6, 6.07) is 6.86. The van der Waals surface area contributed by atoms with Crippen molar-refractivity contribution in [3.63, 3.8) is 0 Å². The van der Waals surface area contributed by atoms with Crippen LogP contribution in [0.5, 0.6) is 0 Å². The van der Waals surface area contributed by atoms with Gasteiger partial charge in [-0.3, -0.25) is 14.6 Å². The van der Waals surface area contributed by atoms with Crippen molar-refractivity contribution < 1.29 is 14.7 Å². The molecule has 0 aliphatic heterocycles. The van der Waals surface area contributed by atoms with Gasteiger partial charge in [0.1, 0.15) is 6.04 Å². The summed E-state index contributed by atoms with van der Waals surface area (Å²) in [7, 11) is 0. The zero-order chi connectivity index (χ0) is 16.5. The van der Waals surface area contributed by atoms with Crippen molar-refractivity contribution in [2.45, 2.75) is 39.2 Å². The number of aliphatic imine (C=N–C) groups is 1. The van der Waals surface area contributed by atoms with Gasteiger partial charge in [0.05, 0.1) is 5.69 Å². The Morgan fingerprint density at radius 2 is 2.00 bits per heavy atom. The highest BCUT2D eigenvalue weighted by molar-refractivity contribution is 5.85. The number of rotatable bonds is 8. The molecule has 6 heteroatoms. The molecule has 0 aliphatic carbocycles. The molecule has 1 amide bonds. The van der Waals surface area contributed by atoms with E-state index < -0.39 is 12.0 Å². The van der Waals surface area contributed by atoms with E-state index in [2.05, 4.69) is 10.3 Å². The number of carboxylic acids is 1. The number of carboxylic acid groups (broad SMARTS) is 1. The number of para-hydroxylation sites is 1. The maximum absolute atomic E-state index is 11.6. The lowest BCUT2D eigenvalue weighted by atomic mass is 10.1. The average molecular weight is 305 g/mol. The minimum atomic E-state index is -1.09. The minimum Gasteiger partial charge on any atom is -0.480 e. The number of nitrogens with two attached hydrogens (primary N) is 1. The van der Waals surface area contributed by atoms with Gasteiger partial charge in [-0.15, -0.1) is 0 Å². The van der Waals surface area contributed by atoms with Gasteiger partial charge >= 0.3 is 5.97 Å². The Morgan fingerprint density at radius 3 is 2.64 bits per heavy atom. The first kappa shape index (κ1) is 17.8. The van der Waals surface area contributed by atoms with Gasteiger partial charge in [-0.25, -0.2) is 0 Å². The highest BCUT2D eigenvalue weighted by atomic mass is 16.4. The van der Waals surface area contributed by atoms with E-state index in [9.17, 15) is 9.59 Å². The molecule has 0 heterocycles. The number of carbonyl (C=O) groups excluding carboxylic acids is 1. The molecular weight excluding hydrogens is 282 g/mol. The van der Waals surface area contributed by atoms with E-state index in [0.717, 1.165) is 17.0 Å². The third-order valence-electron chi connectivity index (χ3n) is 3.24. The van der Waals surface area contributed by atoms with Gasteiger partial charge in [0.25, 0.3) is 0 Å². The monoisotopic (exact) mass is 305 g/mol. The predicted molar refractivity (Wildman–Crippen MR) is 86.4 cm³/mol. The van der Waals surface area contributed by atoms with E-state index in [1.807, 2.05) is 38.1 Å². The summed E-state index contributed by atoms with van der Waals surface area (Å²) in [5.74, 6) is -1.28. The molecule has 1 atom stereocenters. The first-order valence-electron chi connectivity index (χ1n) is 7.25. The molecule has 0 fully saturated rings. The summed E-state index contributed by atoms with van der Waals surface area (Å²) < 4.78 is 0. The minimum absolute atomic E-state index is 0.113. The molecule has 120 valence electrons. The van der Waals surface area contributed by atoms with Gasteiger partial charge in [0.15, 0.2) is 0 Å². The van der Waals surface area contributed by atoms with Gasteiger partial charge in [-0.1, -0.05) is 18.2 Å². The summed E-state index contributed by atoms with van der Waals surface area (Å²) in [5.41, 5.74) is 8.31. The number of hydrogen-bond donors (Lipinski definition) is 3. The summed E-state index contributed by atoms with van der Waals surface area (Å²) in [6.07, 6.45) is 0.893. The molecule has 0 saturated carbocycles. The Balaban J connectivity index is 2.33. The number of hydrogen-bond acceptors (Lipinski definition) is 4. The molecule has 6 nitrogen and oxygen atoms in total. The second-order valence-corrected chi connectivity index (χ2v) is 5.22. The van der Waals surface area contributed by atoms with E-state index in [0.29, 0.717) is 13.0 Å². The average Bonchev–Trinajstić information content (AvgIpc) is 2.47.